The molecule has 132 valence electrons. The average molecular weight is 357 g/mol. The highest BCUT2D eigenvalue weighted by molar-refractivity contribution is 7.09. The van der Waals surface area contributed by atoms with Crippen molar-refractivity contribution in [1.82, 2.24) is 0 Å². The number of rotatable bonds is 6. The van der Waals surface area contributed by atoms with Crippen LogP contribution in [-0.4, -0.2) is 24.9 Å². The zero-order valence-electron chi connectivity index (χ0n) is 14.1. The Morgan fingerprint density at radius 2 is 1.92 bits per heavy atom. The number of amides is 2. The van der Waals surface area contributed by atoms with Crippen LogP contribution in [0.2, 0.25) is 0 Å². The molecule has 2 heterocycles. The van der Waals surface area contributed by atoms with Gasteiger partial charge in [-0.2, -0.15) is 0 Å². The molecule has 1 aromatic heterocycles. The molecule has 25 heavy (non-hydrogen) atoms. The van der Waals surface area contributed by atoms with E-state index in [4.69, 9.17) is 5.73 Å². The first kappa shape index (κ1) is 17.5. The summed E-state index contributed by atoms with van der Waals surface area (Å²) in [6.07, 6.45) is 2.75. The summed E-state index contributed by atoms with van der Waals surface area (Å²) in [5.74, 6) is -0.230. The molecule has 1 aliphatic rings. The monoisotopic (exact) mass is 357 g/mol. The topological polar surface area (TPSA) is 75.4 Å². The summed E-state index contributed by atoms with van der Waals surface area (Å²) in [6.45, 7) is 1.55. The van der Waals surface area contributed by atoms with Crippen molar-refractivity contribution in [2.75, 3.05) is 23.3 Å². The summed E-state index contributed by atoms with van der Waals surface area (Å²) in [5.41, 5.74) is 7.25. The van der Waals surface area contributed by atoms with E-state index in [1.54, 1.807) is 11.3 Å². The van der Waals surface area contributed by atoms with Crippen LogP contribution in [0.3, 0.4) is 0 Å². The number of anilines is 2. The number of para-hydroxylation sites is 2. The molecular formula is C19H23N3O2S. The number of thiophene rings is 1. The van der Waals surface area contributed by atoms with Crippen molar-refractivity contribution in [1.29, 1.82) is 0 Å². The lowest BCUT2D eigenvalue weighted by molar-refractivity contribution is -0.122. The summed E-state index contributed by atoms with van der Waals surface area (Å²) in [4.78, 5) is 27.1. The van der Waals surface area contributed by atoms with Gasteiger partial charge < -0.3 is 16.0 Å². The van der Waals surface area contributed by atoms with Gasteiger partial charge in [0.15, 0.2) is 0 Å². The molecule has 0 unspecified atom stereocenters. The number of nitrogens with one attached hydrogen (secondary N) is 1. The van der Waals surface area contributed by atoms with E-state index in [2.05, 4.69) is 16.3 Å². The fourth-order valence-corrected chi connectivity index (χ4v) is 3.87. The average Bonchev–Trinajstić information content (AvgIpc) is 3.14. The summed E-state index contributed by atoms with van der Waals surface area (Å²) >= 11 is 1.67. The highest BCUT2D eigenvalue weighted by atomic mass is 32.1. The maximum absolute atomic E-state index is 12.3. The minimum Gasteiger partial charge on any atom is -0.370 e. The fraction of sp³-hybridized carbons (Fsp3) is 0.368. The molecule has 3 N–H and O–H groups in total. The molecule has 1 aliphatic heterocycles. The molecule has 0 atom stereocenters. The van der Waals surface area contributed by atoms with E-state index in [1.807, 2.05) is 35.7 Å². The molecule has 0 radical (unpaired) electrons. The van der Waals surface area contributed by atoms with E-state index >= 15 is 0 Å². The molecule has 1 saturated heterocycles. The number of hydrogen-bond acceptors (Lipinski definition) is 4. The second-order valence-electron chi connectivity index (χ2n) is 6.31. The maximum atomic E-state index is 12.3. The van der Waals surface area contributed by atoms with E-state index in [9.17, 15) is 9.59 Å². The number of benzene rings is 1. The van der Waals surface area contributed by atoms with Gasteiger partial charge in [-0.05, 0) is 42.8 Å². The fourth-order valence-electron chi connectivity index (χ4n) is 3.16. The SMILES string of the molecule is NC(=O)C1CCN(c2ccccc2NC(=O)CCc2cccs2)CC1. The summed E-state index contributed by atoms with van der Waals surface area (Å²) in [7, 11) is 0. The number of carbonyl (C=O) groups excluding carboxylic acids is 2. The van der Waals surface area contributed by atoms with Crippen molar-refractivity contribution < 1.29 is 9.59 Å². The minimum absolute atomic E-state index is 0.0212. The predicted octanol–water partition coefficient (Wildman–Crippen LogP) is 3.02. The molecule has 2 aromatic rings. The highest BCUT2D eigenvalue weighted by Crippen LogP contribution is 2.30. The van der Waals surface area contributed by atoms with Crippen LogP contribution in [0.25, 0.3) is 0 Å². The number of aryl methyl sites for hydroxylation is 1. The maximum Gasteiger partial charge on any atom is 0.224 e. The lowest BCUT2D eigenvalue weighted by Gasteiger charge is -2.33. The van der Waals surface area contributed by atoms with Gasteiger partial charge >= 0.3 is 0 Å². The Morgan fingerprint density at radius 3 is 2.60 bits per heavy atom. The van der Waals surface area contributed by atoms with Gasteiger partial charge in [0.2, 0.25) is 11.8 Å². The van der Waals surface area contributed by atoms with Crippen LogP contribution in [-0.2, 0) is 16.0 Å². The number of nitrogens with zero attached hydrogens (tertiary/aromatic N) is 1. The van der Waals surface area contributed by atoms with E-state index < -0.39 is 0 Å². The van der Waals surface area contributed by atoms with Crippen LogP contribution < -0.4 is 16.0 Å². The first-order chi connectivity index (χ1) is 12.1. The first-order valence-corrected chi connectivity index (χ1v) is 9.47. The summed E-state index contributed by atoms with van der Waals surface area (Å²) in [5, 5.41) is 5.06. The second-order valence-corrected chi connectivity index (χ2v) is 7.34. The first-order valence-electron chi connectivity index (χ1n) is 8.59. The number of primary amides is 1. The zero-order chi connectivity index (χ0) is 17.6. The third-order valence-electron chi connectivity index (χ3n) is 4.59. The molecule has 0 saturated carbocycles. The zero-order valence-corrected chi connectivity index (χ0v) is 14.9. The lowest BCUT2D eigenvalue weighted by Crippen LogP contribution is -2.38. The Hall–Kier alpha value is -2.34. The molecular weight excluding hydrogens is 334 g/mol. The Balaban J connectivity index is 1.61. The van der Waals surface area contributed by atoms with Crippen molar-refractivity contribution in [2.45, 2.75) is 25.7 Å². The van der Waals surface area contributed by atoms with Gasteiger partial charge in [-0.25, -0.2) is 0 Å². The predicted molar refractivity (Wildman–Crippen MR) is 102 cm³/mol. The van der Waals surface area contributed by atoms with Crippen LogP contribution >= 0.6 is 11.3 Å². The van der Waals surface area contributed by atoms with Crippen LogP contribution in [0.5, 0.6) is 0 Å². The van der Waals surface area contributed by atoms with Crippen molar-refractivity contribution in [3.63, 3.8) is 0 Å². The molecule has 3 rings (SSSR count). The Kier molecular flexibility index (Phi) is 5.71. The minimum atomic E-state index is -0.213. The quantitative estimate of drug-likeness (QED) is 0.834. The molecule has 0 bridgehead atoms. The van der Waals surface area contributed by atoms with E-state index in [-0.39, 0.29) is 17.7 Å². The number of carbonyl (C=O) groups is 2. The van der Waals surface area contributed by atoms with Gasteiger partial charge in [-0.3, -0.25) is 9.59 Å². The lowest BCUT2D eigenvalue weighted by atomic mass is 9.96. The van der Waals surface area contributed by atoms with Gasteiger partial charge in [0.1, 0.15) is 0 Å². The van der Waals surface area contributed by atoms with E-state index in [0.29, 0.717) is 6.42 Å². The summed E-state index contributed by atoms with van der Waals surface area (Å²) in [6, 6.07) is 11.9. The van der Waals surface area contributed by atoms with Crippen molar-refractivity contribution >= 4 is 34.5 Å². The normalized spacial score (nSPS) is 15.1. The molecule has 0 aliphatic carbocycles. The van der Waals surface area contributed by atoms with Crippen LogP contribution in [0.4, 0.5) is 11.4 Å². The number of piperidine rings is 1. The Morgan fingerprint density at radius 1 is 1.16 bits per heavy atom. The van der Waals surface area contributed by atoms with Crippen molar-refractivity contribution in [2.24, 2.45) is 11.7 Å². The third-order valence-corrected chi connectivity index (χ3v) is 5.53. The second kappa shape index (κ2) is 8.16. The standard InChI is InChI=1S/C19H23N3O2S/c20-19(24)14-9-11-22(12-10-14)17-6-2-1-5-16(17)21-18(23)8-7-15-4-3-13-25-15/h1-6,13-14H,7-12H2,(H2,20,24)(H,21,23). The molecule has 0 spiro atoms. The molecule has 2 amide bonds. The van der Waals surface area contributed by atoms with Gasteiger partial charge in [0.05, 0.1) is 11.4 Å². The van der Waals surface area contributed by atoms with Crippen molar-refractivity contribution in [3.05, 3.63) is 46.7 Å². The summed E-state index contributed by atoms with van der Waals surface area (Å²) < 4.78 is 0. The van der Waals surface area contributed by atoms with E-state index in [1.165, 1.54) is 4.88 Å². The van der Waals surface area contributed by atoms with Crippen LogP contribution in [0.15, 0.2) is 41.8 Å². The largest absolute Gasteiger partial charge is 0.370 e. The van der Waals surface area contributed by atoms with Gasteiger partial charge in [0.25, 0.3) is 0 Å². The molecule has 1 aromatic carbocycles. The molecule has 6 heteroatoms. The third kappa shape index (κ3) is 4.60. The van der Waals surface area contributed by atoms with Crippen molar-refractivity contribution in [3.8, 4) is 0 Å². The molecule has 5 nitrogen and oxygen atoms in total. The van der Waals surface area contributed by atoms with E-state index in [0.717, 1.165) is 43.7 Å². The molecule has 1 fully saturated rings. The van der Waals surface area contributed by atoms with Gasteiger partial charge in [-0.1, -0.05) is 18.2 Å². The Labute approximate surface area is 151 Å². The van der Waals surface area contributed by atoms with Gasteiger partial charge in [0, 0.05) is 30.3 Å². The highest BCUT2D eigenvalue weighted by Gasteiger charge is 2.24. The Bertz CT molecular complexity index is 722. The van der Waals surface area contributed by atoms with Crippen LogP contribution in [0, 0.1) is 5.92 Å². The number of nitrogens with two attached hydrogens (primary N) is 1. The number of hydrogen-bond donors (Lipinski definition) is 2. The van der Waals surface area contributed by atoms with Gasteiger partial charge in [-0.15, -0.1) is 11.3 Å². The van der Waals surface area contributed by atoms with Crippen LogP contribution in [0.1, 0.15) is 24.1 Å². The smallest absolute Gasteiger partial charge is 0.224 e.